The first-order valence-corrected chi connectivity index (χ1v) is 11.5. The largest absolute Gasteiger partial charge is 0.548 e. The van der Waals surface area contributed by atoms with Crippen LogP contribution in [0.3, 0.4) is 0 Å². The summed E-state index contributed by atoms with van der Waals surface area (Å²) in [6.45, 7) is 4.53. The van der Waals surface area contributed by atoms with Crippen LogP contribution in [0.4, 0.5) is 0 Å². The monoisotopic (exact) mass is 444 g/mol. The van der Waals surface area contributed by atoms with Crippen LogP contribution in [0.5, 0.6) is 0 Å². The van der Waals surface area contributed by atoms with Crippen molar-refractivity contribution in [3.63, 3.8) is 0 Å². The molecule has 0 aliphatic carbocycles. The van der Waals surface area contributed by atoms with Gasteiger partial charge in [-0.2, -0.15) is 0 Å². The van der Waals surface area contributed by atoms with Crippen molar-refractivity contribution in [1.29, 1.82) is 0 Å². The first kappa shape index (κ1) is 22.4. The highest BCUT2D eigenvalue weighted by molar-refractivity contribution is 7.91. The molecule has 7 nitrogen and oxygen atoms in total. The van der Waals surface area contributed by atoms with Gasteiger partial charge in [-0.3, -0.25) is 0 Å². The maximum atomic E-state index is 12.8. The van der Waals surface area contributed by atoms with Gasteiger partial charge in [0.25, 0.3) is 0 Å². The van der Waals surface area contributed by atoms with Crippen LogP contribution in [0.1, 0.15) is 19.4 Å². The molecule has 0 heterocycles. The van der Waals surface area contributed by atoms with E-state index in [1.807, 2.05) is 0 Å². The van der Waals surface area contributed by atoms with E-state index >= 15 is 0 Å². The molecule has 28 heavy (non-hydrogen) atoms. The molecule has 0 bridgehead atoms. The molecule has 0 aliphatic heterocycles. The predicted octanol–water partition coefficient (Wildman–Crippen LogP) is 1.53. The second-order valence-corrected chi connectivity index (χ2v) is 10.6. The van der Waals surface area contributed by atoms with Crippen LogP contribution in [0.25, 0.3) is 0 Å². The number of aliphatic carboxylic acids is 1. The van der Waals surface area contributed by atoms with E-state index in [1.165, 1.54) is 57.2 Å². The normalized spacial score (nSPS) is 13.5. The number of hydrogen-bond acceptors (Lipinski definition) is 6. The Morgan fingerprint density at radius 2 is 1.54 bits per heavy atom. The van der Waals surface area contributed by atoms with E-state index in [2.05, 4.69) is 4.72 Å². The number of carbonyl (C=O) groups is 1. The highest BCUT2D eigenvalue weighted by Crippen LogP contribution is 2.26. The fourth-order valence-electron chi connectivity index (χ4n) is 2.47. The molecular formula is C18H19ClNO6S2-. The maximum Gasteiger partial charge on any atom is 0.241 e. The molecule has 2 aromatic carbocycles. The van der Waals surface area contributed by atoms with Crippen molar-refractivity contribution < 1.29 is 26.7 Å². The molecule has 0 saturated carbocycles. The number of hydrogen-bond donors (Lipinski definition) is 1. The summed E-state index contributed by atoms with van der Waals surface area (Å²) in [5, 5.41) is 11.6. The van der Waals surface area contributed by atoms with Crippen molar-refractivity contribution in [3.05, 3.63) is 53.1 Å². The highest BCUT2D eigenvalue weighted by Gasteiger charge is 2.27. The minimum Gasteiger partial charge on any atom is -0.548 e. The molecule has 0 amide bonds. The number of aryl methyl sites for hydroxylation is 1. The van der Waals surface area contributed by atoms with Gasteiger partial charge in [-0.25, -0.2) is 21.6 Å². The smallest absolute Gasteiger partial charge is 0.241 e. The number of benzene rings is 2. The van der Waals surface area contributed by atoms with Gasteiger partial charge in [-0.1, -0.05) is 31.5 Å². The molecule has 0 aliphatic rings. The van der Waals surface area contributed by atoms with E-state index < -0.39 is 37.8 Å². The van der Waals surface area contributed by atoms with Crippen LogP contribution in [-0.4, -0.2) is 28.8 Å². The second kappa shape index (κ2) is 8.20. The Balaban J connectivity index is 2.53. The summed E-state index contributed by atoms with van der Waals surface area (Å²) in [5.41, 5.74) is 0.267. The standard InChI is InChI=1S/C18H20ClNO6S2/c1-11(2)17(18(21)22)20-28(25,26)16-10-15(7-4-12(16)3)27(23,24)14-8-5-13(19)6-9-14/h4-11,17,20H,1-3H3,(H,21,22)/p-1. The van der Waals surface area contributed by atoms with E-state index in [0.717, 1.165) is 6.07 Å². The van der Waals surface area contributed by atoms with Crippen molar-refractivity contribution in [2.45, 2.75) is 41.5 Å². The Kier molecular flexibility index (Phi) is 6.55. The predicted molar refractivity (Wildman–Crippen MR) is 102 cm³/mol. The fourth-order valence-corrected chi connectivity index (χ4v) is 5.56. The van der Waals surface area contributed by atoms with Crippen molar-refractivity contribution in [1.82, 2.24) is 4.72 Å². The molecule has 2 aromatic rings. The summed E-state index contributed by atoms with van der Waals surface area (Å²) in [5.74, 6) is -2.14. The summed E-state index contributed by atoms with van der Waals surface area (Å²) in [4.78, 5) is 10.6. The van der Waals surface area contributed by atoms with Crippen LogP contribution in [0, 0.1) is 12.8 Å². The van der Waals surface area contributed by atoms with Crippen LogP contribution < -0.4 is 9.83 Å². The lowest BCUT2D eigenvalue weighted by molar-refractivity contribution is -0.309. The number of carboxylic acids is 1. The molecule has 2 rings (SSSR count). The molecule has 152 valence electrons. The first-order chi connectivity index (χ1) is 12.9. The molecule has 10 heteroatoms. The fraction of sp³-hybridized carbons (Fsp3) is 0.278. The van der Waals surface area contributed by atoms with E-state index in [4.69, 9.17) is 11.6 Å². The Morgan fingerprint density at radius 3 is 2.04 bits per heavy atom. The van der Waals surface area contributed by atoms with Crippen molar-refractivity contribution in [3.8, 4) is 0 Å². The quantitative estimate of drug-likeness (QED) is 0.691. The van der Waals surface area contributed by atoms with Gasteiger partial charge < -0.3 is 9.90 Å². The van der Waals surface area contributed by atoms with Crippen LogP contribution in [0.2, 0.25) is 5.02 Å². The third-order valence-electron chi connectivity index (χ3n) is 4.09. The summed E-state index contributed by atoms with van der Waals surface area (Å²) >= 11 is 5.78. The van der Waals surface area contributed by atoms with E-state index in [9.17, 15) is 26.7 Å². The summed E-state index contributed by atoms with van der Waals surface area (Å²) < 4.78 is 53.1. The van der Waals surface area contributed by atoms with E-state index in [0.29, 0.717) is 5.02 Å². The second-order valence-electron chi connectivity index (χ2n) is 6.55. The third-order valence-corrected chi connectivity index (χ3v) is 7.69. The summed E-state index contributed by atoms with van der Waals surface area (Å²) in [6, 6.07) is 7.64. The number of sulfonamides is 1. The maximum absolute atomic E-state index is 12.8. The zero-order chi connectivity index (χ0) is 21.3. The van der Waals surface area contributed by atoms with Gasteiger partial charge in [-0.05, 0) is 54.8 Å². The van der Waals surface area contributed by atoms with Gasteiger partial charge >= 0.3 is 0 Å². The van der Waals surface area contributed by atoms with Gasteiger partial charge in [0.15, 0.2) is 0 Å². The van der Waals surface area contributed by atoms with Crippen molar-refractivity contribution in [2.75, 3.05) is 0 Å². The first-order valence-electron chi connectivity index (χ1n) is 8.21. The van der Waals surface area contributed by atoms with Crippen LogP contribution in [0.15, 0.2) is 57.2 Å². The van der Waals surface area contributed by atoms with Gasteiger partial charge in [0.05, 0.1) is 26.7 Å². The third kappa shape index (κ3) is 4.72. The van der Waals surface area contributed by atoms with Crippen LogP contribution >= 0.6 is 11.6 Å². The molecule has 0 radical (unpaired) electrons. The Labute approximate surface area is 169 Å². The lowest BCUT2D eigenvalue weighted by Gasteiger charge is -2.23. The van der Waals surface area contributed by atoms with Gasteiger partial charge in [0.1, 0.15) is 0 Å². The Hall–Kier alpha value is -1.94. The highest BCUT2D eigenvalue weighted by atomic mass is 35.5. The van der Waals surface area contributed by atoms with Crippen LogP contribution in [-0.2, 0) is 24.7 Å². The van der Waals surface area contributed by atoms with Gasteiger partial charge in [0.2, 0.25) is 19.9 Å². The molecule has 1 unspecified atom stereocenters. The number of carboxylic acid groups (broad SMARTS) is 1. The minimum absolute atomic E-state index is 0.0492. The summed E-state index contributed by atoms with van der Waals surface area (Å²) in [6.07, 6.45) is 0. The molecule has 0 spiro atoms. The minimum atomic E-state index is -4.31. The average Bonchev–Trinajstić information content (AvgIpc) is 2.59. The SMILES string of the molecule is Cc1ccc(S(=O)(=O)c2ccc(Cl)cc2)cc1S(=O)(=O)NC(C(=O)[O-])C(C)C. The van der Waals surface area contributed by atoms with E-state index in [1.54, 1.807) is 0 Å². The Morgan fingerprint density at radius 1 is 1.00 bits per heavy atom. The molecule has 0 fully saturated rings. The van der Waals surface area contributed by atoms with Crippen molar-refractivity contribution >= 4 is 37.4 Å². The molecular weight excluding hydrogens is 426 g/mol. The molecule has 1 atom stereocenters. The number of carbonyl (C=O) groups excluding carboxylic acids is 1. The van der Waals surface area contributed by atoms with Gasteiger partial charge in [0, 0.05) is 5.02 Å². The van der Waals surface area contributed by atoms with Crippen molar-refractivity contribution in [2.24, 2.45) is 5.92 Å². The van der Waals surface area contributed by atoms with E-state index in [-0.39, 0.29) is 20.2 Å². The number of nitrogens with one attached hydrogen (secondary N) is 1. The molecule has 1 N–H and O–H groups in total. The lowest BCUT2D eigenvalue weighted by Crippen LogP contribution is -2.50. The average molecular weight is 445 g/mol. The number of rotatable bonds is 7. The zero-order valence-electron chi connectivity index (χ0n) is 15.3. The Bertz CT molecular complexity index is 1090. The lowest BCUT2D eigenvalue weighted by atomic mass is 10.1. The molecule has 0 aromatic heterocycles. The zero-order valence-corrected chi connectivity index (χ0v) is 17.7. The number of halogens is 1. The molecule has 0 saturated heterocycles. The topological polar surface area (TPSA) is 120 Å². The van der Waals surface area contributed by atoms with Gasteiger partial charge in [-0.15, -0.1) is 0 Å². The summed E-state index contributed by atoms with van der Waals surface area (Å²) in [7, 11) is -8.30. The number of sulfone groups is 1.